The van der Waals surface area contributed by atoms with Crippen LogP contribution < -0.4 is 30.7 Å². The van der Waals surface area contributed by atoms with E-state index in [-0.39, 0.29) is 36.2 Å². The number of phenolic OH excluding ortho intramolecular Hbond substituents is 2. The van der Waals surface area contributed by atoms with Crippen molar-refractivity contribution < 1.29 is 74.6 Å². The van der Waals surface area contributed by atoms with Crippen molar-refractivity contribution in [3.05, 3.63) is 179 Å². The van der Waals surface area contributed by atoms with Gasteiger partial charge in [0, 0.05) is 34.6 Å². The summed E-state index contributed by atoms with van der Waals surface area (Å²) in [5, 5.41) is 42.7. The van der Waals surface area contributed by atoms with E-state index in [1.165, 1.54) is 119 Å². The summed E-state index contributed by atoms with van der Waals surface area (Å²) in [7, 11) is -4.67. The number of β-lactam (4-membered cyclic amide) rings is 2. The number of nitrogens with zero attached hydrogens (tertiary/aromatic N) is 2. The summed E-state index contributed by atoms with van der Waals surface area (Å²) >= 11 is 0. The monoisotopic (exact) mass is 1060 g/mol. The highest BCUT2D eigenvalue weighted by atomic mass is 32.3. The normalized spacial score (nSPS) is 17.8. The van der Waals surface area contributed by atoms with E-state index in [9.17, 15) is 47.6 Å². The SMILES string of the molecule is NCCCOc1ccc(C2C(CCC(O)c3ccc(F)cc3)C(=O)N2c2ccc(F)cc2)c(O)c1.NCCCOc1ccc(C2C(CCC(O)c3ccc(F)cc3)C(=O)N2c2ccc(F)cc2)c(O)c1.O=S(=O)(O)O. The van der Waals surface area contributed by atoms with E-state index in [0.717, 1.165) is 0 Å². The number of hydrogen-bond acceptors (Lipinski definition) is 12. The Morgan fingerprint density at radius 1 is 0.520 bits per heavy atom. The Morgan fingerprint density at radius 2 is 0.827 bits per heavy atom. The van der Waals surface area contributed by atoms with Crippen molar-refractivity contribution in [2.24, 2.45) is 23.3 Å². The van der Waals surface area contributed by atoms with Crippen molar-refractivity contribution in [1.82, 2.24) is 0 Å². The molecular formula is C54H58F4N4O12S. The maximum atomic E-state index is 13.5. The lowest BCUT2D eigenvalue weighted by atomic mass is 9.78. The third-order valence-electron chi connectivity index (χ3n) is 12.5. The predicted octanol–water partition coefficient (Wildman–Crippen LogP) is 8.58. The number of rotatable bonds is 20. The van der Waals surface area contributed by atoms with Crippen LogP contribution in [-0.4, -0.2) is 76.1 Å². The van der Waals surface area contributed by atoms with Crippen LogP contribution in [0.4, 0.5) is 28.9 Å². The Hall–Kier alpha value is -7.11. The van der Waals surface area contributed by atoms with Gasteiger partial charge < -0.3 is 51.2 Å². The summed E-state index contributed by atoms with van der Waals surface area (Å²) < 4.78 is 96.2. The minimum atomic E-state index is -4.67. The van der Waals surface area contributed by atoms with Crippen LogP contribution in [0, 0.1) is 35.1 Å². The van der Waals surface area contributed by atoms with Crippen LogP contribution in [0.15, 0.2) is 133 Å². The molecule has 2 aliphatic rings. The second-order valence-corrected chi connectivity index (χ2v) is 18.5. The molecular weight excluding hydrogens is 1000 g/mol. The lowest BCUT2D eigenvalue weighted by Gasteiger charge is -2.48. The number of anilines is 2. The third-order valence-corrected chi connectivity index (χ3v) is 12.5. The van der Waals surface area contributed by atoms with E-state index < -0.39 is 69.8 Å². The number of carbonyl (C=O) groups excluding carboxylic acids is 2. The van der Waals surface area contributed by atoms with Gasteiger partial charge >= 0.3 is 10.4 Å². The molecule has 0 aromatic heterocycles. The zero-order valence-electron chi connectivity index (χ0n) is 40.3. The summed E-state index contributed by atoms with van der Waals surface area (Å²) in [5.74, 6) is -2.08. The minimum Gasteiger partial charge on any atom is -0.507 e. The van der Waals surface area contributed by atoms with Gasteiger partial charge in [-0.3, -0.25) is 18.7 Å². The summed E-state index contributed by atoms with van der Waals surface area (Å²) in [6.45, 7) is 1.82. The molecule has 2 aliphatic heterocycles. The highest BCUT2D eigenvalue weighted by molar-refractivity contribution is 7.79. The van der Waals surface area contributed by atoms with Gasteiger partial charge in [0.25, 0.3) is 0 Å². The zero-order valence-corrected chi connectivity index (χ0v) is 41.2. The molecule has 10 N–H and O–H groups in total. The van der Waals surface area contributed by atoms with Crippen LogP contribution in [0.5, 0.6) is 23.0 Å². The number of ether oxygens (including phenoxy) is 2. The number of halogens is 4. The summed E-state index contributed by atoms with van der Waals surface area (Å²) in [6.07, 6.45) is 0.856. The first-order chi connectivity index (χ1) is 35.8. The van der Waals surface area contributed by atoms with E-state index in [2.05, 4.69) is 0 Å². The molecule has 21 heteroatoms. The van der Waals surface area contributed by atoms with Gasteiger partial charge in [0.05, 0.1) is 49.3 Å². The van der Waals surface area contributed by atoms with E-state index in [1.54, 1.807) is 24.3 Å². The summed E-state index contributed by atoms with van der Waals surface area (Å²) in [6, 6.07) is 31.2. The van der Waals surface area contributed by atoms with Gasteiger partial charge in [-0.1, -0.05) is 24.3 Å². The summed E-state index contributed by atoms with van der Waals surface area (Å²) in [5.41, 5.74) is 14.2. The maximum Gasteiger partial charge on any atom is 0.394 e. The predicted molar refractivity (Wildman–Crippen MR) is 270 cm³/mol. The number of carbonyl (C=O) groups is 2. The molecule has 2 amide bonds. The van der Waals surface area contributed by atoms with Crippen molar-refractivity contribution in [1.29, 1.82) is 0 Å². The molecule has 16 nitrogen and oxygen atoms in total. The Bertz CT molecular complexity index is 2750. The third kappa shape index (κ3) is 15.5. The molecule has 0 aliphatic carbocycles. The molecule has 75 heavy (non-hydrogen) atoms. The van der Waals surface area contributed by atoms with Crippen LogP contribution in [0.1, 0.15) is 85.1 Å². The average molecular weight is 1060 g/mol. The number of nitrogens with two attached hydrogens (primary N) is 2. The van der Waals surface area contributed by atoms with Crippen LogP contribution in [0.25, 0.3) is 0 Å². The van der Waals surface area contributed by atoms with Crippen molar-refractivity contribution in [3.8, 4) is 23.0 Å². The Kier molecular flexibility index (Phi) is 20.1. The number of phenols is 2. The molecule has 6 aromatic rings. The number of benzene rings is 6. The van der Waals surface area contributed by atoms with Crippen LogP contribution in [-0.2, 0) is 20.0 Å². The molecule has 2 heterocycles. The van der Waals surface area contributed by atoms with Crippen LogP contribution in [0.3, 0.4) is 0 Å². The minimum absolute atomic E-state index is 0.0241. The molecule has 0 radical (unpaired) electrons. The summed E-state index contributed by atoms with van der Waals surface area (Å²) in [4.78, 5) is 29.4. The number of amides is 2. The molecule has 2 fully saturated rings. The van der Waals surface area contributed by atoms with Crippen LogP contribution in [0.2, 0.25) is 0 Å². The van der Waals surface area contributed by atoms with E-state index in [1.807, 2.05) is 0 Å². The number of aliphatic hydroxyl groups is 2. The zero-order chi connectivity index (χ0) is 54.4. The Balaban J connectivity index is 0.000000224. The maximum absolute atomic E-state index is 13.5. The highest BCUT2D eigenvalue weighted by Crippen LogP contribution is 2.50. The molecule has 0 saturated carbocycles. The molecule has 6 aromatic carbocycles. The molecule has 8 rings (SSSR count). The van der Waals surface area contributed by atoms with Gasteiger partial charge in [-0.2, -0.15) is 8.42 Å². The molecule has 0 bridgehead atoms. The van der Waals surface area contributed by atoms with Gasteiger partial charge in [0.2, 0.25) is 11.8 Å². The Morgan fingerprint density at radius 3 is 1.12 bits per heavy atom. The standard InChI is InChI=1S/2C27H28F2N2O4.H2O4S/c2*28-18-4-2-17(3-5-18)24(32)13-12-23-26(31(27(23)34)20-8-6-19(29)7-9-20)22-11-10-21(16-25(22)33)35-15-1-14-30;1-5(2,3)4/h2*2-11,16,23-24,26,32-33H,1,12-15,30H2;(H2,1,2,3,4). The van der Waals surface area contributed by atoms with E-state index in [0.29, 0.717) is 97.1 Å². The lowest BCUT2D eigenvalue weighted by molar-refractivity contribution is -0.131. The molecule has 6 atom stereocenters. The van der Waals surface area contributed by atoms with Gasteiger partial charge in [0.15, 0.2) is 0 Å². The molecule has 2 saturated heterocycles. The van der Waals surface area contributed by atoms with Gasteiger partial charge in [0.1, 0.15) is 46.3 Å². The van der Waals surface area contributed by atoms with Gasteiger partial charge in [-0.15, -0.1) is 0 Å². The average Bonchev–Trinajstić information content (AvgIpc) is 3.37. The van der Waals surface area contributed by atoms with E-state index in [4.69, 9.17) is 38.5 Å². The second-order valence-electron chi connectivity index (χ2n) is 17.6. The second kappa shape index (κ2) is 26.4. The number of aromatic hydroxyl groups is 2. The van der Waals surface area contributed by atoms with Crippen molar-refractivity contribution in [2.75, 3.05) is 36.1 Å². The number of hydrogen-bond donors (Lipinski definition) is 8. The molecule has 0 spiro atoms. The first kappa shape index (κ1) is 57.2. The highest BCUT2D eigenvalue weighted by Gasteiger charge is 2.50. The van der Waals surface area contributed by atoms with Gasteiger partial charge in [-0.05, 0) is 160 Å². The fraction of sp³-hybridized carbons (Fsp3) is 0.296. The fourth-order valence-corrected chi connectivity index (χ4v) is 8.80. The quantitative estimate of drug-likeness (QED) is 0.0154. The Labute approximate surface area is 431 Å². The number of aliphatic hydroxyl groups excluding tert-OH is 2. The lowest BCUT2D eigenvalue weighted by Crippen LogP contribution is -2.55. The van der Waals surface area contributed by atoms with E-state index >= 15 is 0 Å². The van der Waals surface area contributed by atoms with Crippen molar-refractivity contribution >= 4 is 33.6 Å². The fourth-order valence-electron chi connectivity index (χ4n) is 8.80. The first-order valence-electron chi connectivity index (χ1n) is 23.8. The largest absolute Gasteiger partial charge is 0.507 e. The van der Waals surface area contributed by atoms with Crippen LogP contribution >= 0.6 is 0 Å². The van der Waals surface area contributed by atoms with Crippen molar-refractivity contribution in [2.45, 2.75) is 62.8 Å². The first-order valence-corrected chi connectivity index (χ1v) is 25.2. The molecule has 6 unspecified atom stereocenters. The van der Waals surface area contributed by atoms with Crippen molar-refractivity contribution in [3.63, 3.8) is 0 Å². The smallest absolute Gasteiger partial charge is 0.394 e. The topological polar surface area (TPSA) is 267 Å². The molecule has 400 valence electrons. The van der Waals surface area contributed by atoms with Gasteiger partial charge in [-0.25, -0.2) is 17.6 Å².